The number of nitrogens with two attached hydrogens (primary N) is 1. The van der Waals surface area contributed by atoms with Gasteiger partial charge in [0.25, 0.3) is 0 Å². The Morgan fingerprint density at radius 3 is 2.50 bits per heavy atom. The topological polar surface area (TPSA) is 38.0 Å². The summed E-state index contributed by atoms with van der Waals surface area (Å²) in [6.45, 7) is 0. The molecular formula is C12H16BrF3N2. The lowest BCUT2D eigenvalue weighted by molar-refractivity contribution is -0.135. The smallest absolute Gasteiger partial charge is 0.271 e. The first kappa shape index (κ1) is 15.5. The molecule has 0 bridgehead atoms. The normalized spacial score (nSPS) is 13.6. The third kappa shape index (κ3) is 5.84. The van der Waals surface area contributed by atoms with Gasteiger partial charge in [0, 0.05) is 16.9 Å². The number of hydrogen-bond donors (Lipinski definition) is 2. The first-order valence-corrected chi connectivity index (χ1v) is 6.48. The highest BCUT2D eigenvalue weighted by molar-refractivity contribution is 9.10. The number of hydrazine groups is 1. The first-order chi connectivity index (χ1) is 8.42. The van der Waals surface area contributed by atoms with Crippen LogP contribution in [0.5, 0.6) is 0 Å². The number of benzene rings is 1. The minimum absolute atomic E-state index is 0.0861. The maximum Gasteiger partial charge on any atom is 0.389 e. The van der Waals surface area contributed by atoms with Gasteiger partial charge >= 0.3 is 6.18 Å². The van der Waals surface area contributed by atoms with Gasteiger partial charge in [0.2, 0.25) is 0 Å². The lowest BCUT2D eigenvalue weighted by atomic mass is 10.0. The van der Waals surface area contributed by atoms with Crippen LogP contribution < -0.4 is 11.3 Å². The van der Waals surface area contributed by atoms with Crippen molar-refractivity contribution < 1.29 is 13.2 Å². The second-order valence-electron chi connectivity index (χ2n) is 4.17. The van der Waals surface area contributed by atoms with E-state index in [-0.39, 0.29) is 12.5 Å². The van der Waals surface area contributed by atoms with Crippen LogP contribution in [-0.4, -0.2) is 12.2 Å². The van der Waals surface area contributed by atoms with Crippen molar-refractivity contribution in [3.63, 3.8) is 0 Å². The van der Waals surface area contributed by atoms with Gasteiger partial charge in [0.15, 0.2) is 0 Å². The molecule has 3 N–H and O–H groups in total. The highest BCUT2D eigenvalue weighted by atomic mass is 79.9. The van der Waals surface area contributed by atoms with E-state index in [1.807, 2.05) is 24.3 Å². The Kier molecular flexibility index (Phi) is 6.11. The number of alkyl halides is 3. The minimum atomic E-state index is -4.09. The van der Waals surface area contributed by atoms with Gasteiger partial charge in [-0.15, -0.1) is 0 Å². The van der Waals surface area contributed by atoms with Crippen LogP contribution in [0.2, 0.25) is 0 Å². The fourth-order valence-electron chi connectivity index (χ4n) is 1.72. The average Bonchev–Trinajstić information content (AvgIpc) is 2.29. The van der Waals surface area contributed by atoms with E-state index in [4.69, 9.17) is 5.84 Å². The Labute approximate surface area is 113 Å². The van der Waals surface area contributed by atoms with E-state index >= 15 is 0 Å². The Morgan fingerprint density at radius 1 is 1.28 bits per heavy atom. The molecule has 1 rings (SSSR count). The second-order valence-corrected chi connectivity index (χ2v) is 5.02. The third-order valence-electron chi connectivity index (χ3n) is 2.67. The van der Waals surface area contributed by atoms with Crippen LogP contribution >= 0.6 is 15.9 Å². The molecule has 0 fully saturated rings. The van der Waals surface area contributed by atoms with E-state index in [0.717, 1.165) is 10.0 Å². The summed E-state index contributed by atoms with van der Waals surface area (Å²) in [7, 11) is 0. The monoisotopic (exact) mass is 324 g/mol. The molecule has 2 nitrogen and oxygen atoms in total. The van der Waals surface area contributed by atoms with E-state index < -0.39 is 12.6 Å². The molecular weight excluding hydrogens is 309 g/mol. The first-order valence-electron chi connectivity index (χ1n) is 5.68. The molecule has 1 aromatic rings. The van der Waals surface area contributed by atoms with Gasteiger partial charge in [-0.1, -0.05) is 34.1 Å². The zero-order valence-electron chi connectivity index (χ0n) is 9.80. The molecule has 0 aliphatic rings. The predicted octanol–water partition coefficient (Wildman–Crippen LogP) is 3.56. The molecule has 0 saturated carbocycles. The summed E-state index contributed by atoms with van der Waals surface area (Å²) < 4.78 is 37.1. The number of halogens is 4. The number of rotatable bonds is 6. The molecule has 0 spiro atoms. The molecule has 0 aliphatic heterocycles. The summed E-state index contributed by atoms with van der Waals surface area (Å²) in [6, 6.07) is 7.47. The van der Waals surface area contributed by atoms with E-state index in [9.17, 15) is 13.2 Å². The Hall–Kier alpha value is -0.590. The van der Waals surface area contributed by atoms with Crippen LogP contribution in [0, 0.1) is 0 Å². The second kappa shape index (κ2) is 7.11. The molecule has 1 atom stereocenters. The number of hydrogen-bond acceptors (Lipinski definition) is 2. The molecule has 0 radical (unpaired) electrons. The highest BCUT2D eigenvalue weighted by Crippen LogP contribution is 2.24. The van der Waals surface area contributed by atoms with Crippen molar-refractivity contribution in [2.24, 2.45) is 5.84 Å². The third-order valence-corrected chi connectivity index (χ3v) is 3.45. The van der Waals surface area contributed by atoms with E-state index in [2.05, 4.69) is 21.4 Å². The lowest BCUT2D eigenvalue weighted by Crippen LogP contribution is -2.37. The van der Waals surface area contributed by atoms with Gasteiger partial charge in [-0.05, 0) is 30.9 Å². The lowest BCUT2D eigenvalue weighted by Gasteiger charge is -2.17. The van der Waals surface area contributed by atoms with Crippen LogP contribution in [0.4, 0.5) is 13.2 Å². The largest absolute Gasteiger partial charge is 0.389 e. The summed E-state index contributed by atoms with van der Waals surface area (Å²) in [4.78, 5) is 0. The standard InChI is InChI=1S/C12H16BrF3N2/c13-11-6-2-1-4-9(11)8-10(18-17)5-3-7-12(14,15)16/h1-2,4,6,10,18H,3,5,7-8,17H2. The van der Waals surface area contributed by atoms with Crippen LogP contribution in [0.15, 0.2) is 28.7 Å². The molecule has 18 heavy (non-hydrogen) atoms. The Balaban J connectivity index is 2.45. The Bertz CT molecular complexity index is 369. The molecule has 0 aliphatic carbocycles. The van der Waals surface area contributed by atoms with Gasteiger partial charge in [0.05, 0.1) is 0 Å². The predicted molar refractivity (Wildman–Crippen MR) is 68.9 cm³/mol. The molecule has 0 aromatic heterocycles. The molecule has 1 aromatic carbocycles. The van der Waals surface area contributed by atoms with Crippen molar-refractivity contribution in [3.8, 4) is 0 Å². The molecule has 1 unspecified atom stereocenters. The maximum absolute atomic E-state index is 12.0. The van der Waals surface area contributed by atoms with E-state index in [0.29, 0.717) is 12.8 Å². The van der Waals surface area contributed by atoms with E-state index in [1.165, 1.54) is 0 Å². The van der Waals surface area contributed by atoms with Crippen molar-refractivity contribution in [2.75, 3.05) is 0 Å². The molecule has 6 heteroatoms. The van der Waals surface area contributed by atoms with Crippen molar-refractivity contribution >= 4 is 15.9 Å². The number of nitrogens with one attached hydrogen (secondary N) is 1. The maximum atomic E-state index is 12.0. The summed E-state index contributed by atoms with van der Waals surface area (Å²) in [5, 5.41) is 0. The van der Waals surface area contributed by atoms with Crippen molar-refractivity contribution in [1.29, 1.82) is 0 Å². The van der Waals surface area contributed by atoms with Crippen molar-refractivity contribution in [2.45, 2.75) is 37.9 Å². The fourth-order valence-corrected chi connectivity index (χ4v) is 2.17. The zero-order valence-corrected chi connectivity index (χ0v) is 11.4. The Morgan fingerprint density at radius 2 is 1.94 bits per heavy atom. The van der Waals surface area contributed by atoms with Crippen molar-refractivity contribution in [1.82, 2.24) is 5.43 Å². The minimum Gasteiger partial charge on any atom is -0.271 e. The zero-order chi connectivity index (χ0) is 13.6. The van der Waals surface area contributed by atoms with Gasteiger partial charge < -0.3 is 0 Å². The van der Waals surface area contributed by atoms with Gasteiger partial charge in [-0.25, -0.2) is 0 Å². The van der Waals surface area contributed by atoms with Crippen LogP contribution in [-0.2, 0) is 6.42 Å². The molecule has 0 amide bonds. The van der Waals surface area contributed by atoms with Crippen LogP contribution in [0.1, 0.15) is 24.8 Å². The van der Waals surface area contributed by atoms with Gasteiger partial charge in [-0.2, -0.15) is 13.2 Å². The quantitative estimate of drug-likeness (QED) is 0.620. The van der Waals surface area contributed by atoms with Crippen LogP contribution in [0.25, 0.3) is 0 Å². The molecule has 102 valence electrons. The highest BCUT2D eigenvalue weighted by Gasteiger charge is 2.26. The average molecular weight is 325 g/mol. The fraction of sp³-hybridized carbons (Fsp3) is 0.500. The summed E-state index contributed by atoms with van der Waals surface area (Å²) in [5.74, 6) is 5.37. The van der Waals surface area contributed by atoms with Gasteiger partial charge in [0.1, 0.15) is 0 Å². The summed E-state index contributed by atoms with van der Waals surface area (Å²) in [6.07, 6.45) is -3.76. The van der Waals surface area contributed by atoms with Crippen molar-refractivity contribution in [3.05, 3.63) is 34.3 Å². The molecule has 0 saturated heterocycles. The SMILES string of the molecule is NNC(CCCC(F)(F)F)Cc1ccccc1Br. The molecule has 0 heterocycles. The van der Waals surface area contributed by atoms with E-state index in [1.54, 1.807) is 0 Å². The summed E-state index contributed by atoms with van der Waals surface area (Å²) in [5.41, 5.74) is 3.61. The summed E-state index contributed by atoms with van der Waals surface area (Å²) >= 11 is 3.41. The van der Waals surface area contributed by atoms with Gasteiger partial charge in [-0.3, -0.25) is 11.3 Å². The van der Waals surface area contributed by atoms with Crippen LogP contribution in [0.3, 0.4) is 0 Å².